The van der Waals surface area contributed by atoms with Crippen LogP contribution in [-0.2, 0) is 5.75 Å². The minimum atomic E-state index is -0.256. The molecule has 7 nitrogen and oxygen atoms in total. The first-order valence-corrected chi connectivity index (χ1v) is 11.2. The third-order valence-electron chi connectivity index (χ3n) is 4.95. The highest BCUT2D eigenvalue weighted by Crippen LogP contribution is 2.30. The summed E-state index contributed by atoms with van der Waals surface area (Å²) in [5.41, 5.74) is 1.29. The topological polar surface area (TPSA) is 96.7 Å². The summed E-state index contributed by atoms with van der Waals surface area (Å²) in [6.07, 6.45) is 6.29. The van der Waals surface area contributed by atoms with Gasteiger partial charge >= 0.3 is 0 Å². The molecule has 0 amide bonds. The quantitative estimate of drug-likeness (QED) is 0.463. The standard InChI is InChI=1S/C19H19N5O2S2/c25-17-16-15(12-8-4-5-9-13(12)26-16)21-14(22-17)10-27-19-24-23-18(28-19)20-11-6-2-1-3-7-11/h4-5,8-9,11H,1-3,6-7,10H2,(H,20,23)(H,21,22,25). The Morgan fingerprint density at radius 1 is 1.21 bits per heavy atom. The van der Waals surface area contributed by atoms with Gasteiger partial charge in [0.2, 0.25) is 10.7 Å². The number of aromatic amines is 1. The molecule has 9 heteroatoms. The molecule has 1 aliphatic rings. The van der Waals surface area contributed by atoms with Crippen LogP contribution in [0.25, 0.3) is 22.1 Å². The lowest BCUT2D eigenvalue weighted by Gasteiger charge is -2.21. The van der Waals surface area contributed by atoms with Gasteiger partial charge in [-0.2, -0.15) is 0 Å². The summed E-state index contributed by atoms with van der Waals surface area (Å²) in [7, 11) is 0. The molecule has 0 saturated heterocycles. The number of hydrogen-bond donors (Lipinski definition) is 2. The van der Waals surface area contributed by atoms with Gasteiger partial charge in [0, 0.05) is 11.4 Å². The van der Waals surface area contributed by atoms with Crippen LogP contribution in [0.1, 0.15) is 37.9 Å². The van der Waals surface area contributed by atoms with Crippen LogP contribution in [-0.4, -0.2) is 26.2 Å². The van der Waals surface area contributed by atoms with E-state index in [2.05, 4.69) is 25.5 Å². The Morgan fingerprint density at radius 3 is 2.96 bits per heavy atom. The molecular formula is C19H19N5O2S2. The zero-order chi connectivity index (χ0) is 18.9. The van der Waals surface area contributed by atoms with Crippen LogP contribution in [0, 0.1) is 0 Å². The van der Waals surface area contributed by atoms with Gasteiger partial charge in [0.25, 0.3) is 5.56 Å². The van der Waals surface area contributed by atoms with Crippen molar-refractivity contribution in [3.63, 3.8) is 0 Å². The molecule has 3 aromatic heterocycles. The molecule has 0 radical (unpaired) electrons. The minimum absolute atomic E-state index is 0.256. The van der Waals surface area contributed by atoms with Crippen LogP contribution in [0.5, 0.6) is 0 Å². The van der Waals surface area contributed by atoms with E-state index in [9.17, 15) is 4.79 Å². The van der Waals surface area contributed by atoms with Crippen molar-refractivity contribution < 1.29 is 4.42 Å². The second kappa shape index (κ2) is 7.56. The predicted octanol–water partition coefficient (Wildman–Crippen LogP) is 4.56. The van der Waals surface area contributed by atoms with Crippen LogP contribution in [0.4, 0.5) is 5.13 Å². The molecule has 1 aromatic carbocycles. The fourth-order valence-corrected chi connectivity index (χ4v) is 5.29. The number of furan rings is 1. The molecule has 4 aromatic rings. The fourth-order valence-electron chi connectivity index (χ4n) is 3.59. The van der Waals surface area contributed by atoms with Crippen molar-refractivity contribution >= 4 is 50.3 Å². The minimum Gasteiger partial charge on any atom is -0.449 e. The van der Waals surface area contributed by atoms with Gasteiger partial charge in [0.05, 0.1) is 5.75 Å². The van der Waals surface area contributed by atoms with E-state index in [0.29, 0.717) is 28.7 Å². The molecule has 28 heavy (non-hydrogen) atoms. The van der Waals surface area contributed by atoms with Crippen LogP contribution in [0.15, 0.2) is 37.8 Å². The van der Waals surface area contributed by atoms with Crippen molar-refractivity contribution in [2.75, 3.05) is 5.32 Å². The number of nitrogens with one attached hydrogen (secondary N) is 2. The number of rotatable bonds is 5. The van der Waals surface area contributed by atoms with E-state index < -0.39 is 0 Å². The first-order valence-electron chi connectivity index (χ1n) is 9.39. The third kappa shape index (κ3) is 3.51. The van der Waals surface area contributed by atoms with Gasteiger partial charge in [-0.05, 0) is 25.0 Å². The van der Waals surface area contributed by atoms with Gasteiger partial charge in [-0.15, -0.1) is 10.2 Å². The highest BCUT2D eigenvalue weighted by molar-refractivity contribution is 8.00. The Kier molecular flexibility index (Phi) is 4.77. The van der Waals surface area contributed by atoms with Crippen molar-refractivity contribution in [3.8, 4) is 0 Å². The maximum absolute atomic E-state index is 12.4. The van der Waals surface area contributed by atoms with E-state index in [-0.39, 0.29) is 11.1 Å². The highest BCUT2D eigenvalue weighted by atomic mass is 32.2. The number of nitrogens with zero attached hydrogens (tertiary/aromatic N) is 3. The number of thioether (sulfide) groups is 1. The summed E-state index contributed by atoms with van der Waals surface area (Å²) in [5.74, 6) is 1.12. The Balaban J connectivity index is 1.32. The summed E-state index contributed by atoms with van der Waals surface area (Å²) in [4.78, 5) is 19.8. The molecule has 0 atom stereocenters. The van der Waals surface area contributed by atoms with E-state index in [1.165, 1.54) is 43.9 Å². The van der Waals surface area contributed by atoms with Crippen molar-refractivity contribution in [1.82, 2.24) is 20.2 Å². The summed E-state index contributed by atoms with van der Waals surface area (Å²) >= 11 is 3.07. The lowest BCUT2D eigenvalue weighted by atomic mass is 9.96. The maximum atomic E-state index is 12.4. The van der Waals surface area contributed by atoms with Crippen LogP contribution < -0.4 is 10.9 Å². The van der Waals surface area contributed by atoms with Crippen LogP contribution in [0.2, 0.25) is 0 Å². The summed E-state index contributed by atoms with van der Waals surface area (Å²) in [6.45, 7) is 0. The molecule has 1 saturated carbocycles. The normalized spacial score (nSPS) is 15.4. The molecule has 5 rings (SSSR count). The third-order valence-corrected chi connectivity index (χ3v) is 6.95. The average molecular weight is 414 g/mol. The monoisotopic (exact) mass is 413 g/mol. The second-order valence-corrected chi connectivity index (χ2v) is 9.13. The first kappa shape index (κ1) is 17.7. The Labute approximate surface area is 169 Å². The number of para-hydroxylation sites is 1. The molecule has 0 aliphatic heterocycles. The van der Waals surface area contributed by atoms with Crippen LogP contribution >= 0.6 is 23.1 Å². The number of benzene rings is 1. The van der Waals surface area contributed by atoms with Crippen molar-refractivity contribution in [1.29, 1.82) is 0 Å². The van der Waals surface area contributed by atoms with E-state index in [1.54, 1.807) is 11.3 Å². The fraction of sp³-hybridized carbons (Fsp3) is 0.368. The number of fused-ring (bicyclic) bond motifs is 3. The van der Waals surface area contributed by atoms with Gasteiger partial charge in [-0.1, -0.05) is 54.5 Å². The average Bonchev–Trinajstić information content (AvgIpc) is 3.32. The summed E-state index contributed by atoms with van der Waals surface area (Å²) in [5, 5.41) is 13.7. The van der Waals surface area contributed by atoms with E-state index in [0.717, 1.165) is 14.9 Å². The van der Waals surface area contributed by atoms with Gasteiger partial charge in [0.1, 0.15) is 16.9 Å². The lowest BCUT2D eigenvalue weighted by molar-refractivity contribution is 0.462. The van der Waals surface area contributed by atoms with Crippen LogP contribution in [0.3, 0.4) is 0 Å². The molecule has 0 bridgehead atoms. The molecule has 1 fully saturated rings. The zero-order valence-corrected chi connectivity index (χ0v) is 16.7. The molecule has 2 N–H and O–H groups in total. The summed E-state index contributed by atoms with van der Waals surface area (Å²) in [6, 6.07) is 8.06. The molecule has 144 valence electrons. The number of aromatic nitrogens is 4. The van der Waals surface area contributed by atoms with E-state index in [4.69, 9.17) is 4.42 Å². The number of H-pyrrole nitrogens is 1. The van der Waals surface area contributed by atoms with Gasteiger partial charge in [-0.25, -0.2) is 4.98 Å². The summed E-state index contributed by atoms with van der Waals surface area (Å²) < 4.78 is 6.49. The molecule has 0 spiro atoms. The van der Waals surface area contributed by atoms with Gasteiger partial charge in [0.15, 0.2) is 4.34 Å². The lowest BCUT2D eigenvalue weighted by Crippen LogP contribution is -2.21. The zero-order valence-electron chi connectivity index (χ0n) is 15.1. The Bertz CT molecular complexity index is 1180. The van der Waals surface area contributed by atoms with E-state index in [1.807, 2.05) is 24.3 Å². The van der Waals surface area contributed by atoms with Gasteiger partial charge in [-0.3, -0.25) is 4.79 Å². The molecule has 0 unspecified atom stereocenters. The van der Waals surface area contributed by atoms with Crippen molar-refractivity contribution in [2.24, 2.45) is 0 Å². The largest absolute Gasteiger partial charge is 0.449 e. The Hall–Kier alpha value is -2.39. The van der Waals surface area contributed by atoms with E-state index >= 15 is 0 Å². The SMILES string of the molecule is O=c1[nH]c(CSc2nnc(NC3CCCCC3)s2)nc2c1oc1ccccc12. The van der Waals surface area contributed by atoms with Gasteiger partial charge < -0.3 is 14.7 Å². The number of anilines is 1. The van der Waals surface area contributed by atoms with Crippen molar-refractivity contribution in [2.45, 2.75) is 48.2 Å². The molecular weight excluding hydrogens is 394 g/mol. The Morgan fingerprint density at radius 2 is 2.07 bits per heavy atom. The smallest absolute Gasteiger partial charge is 0.294 e. The molecule has 1 aliphatic carbocycles. The van der Waals surface area contributed by atoms with Crippen molar-refractivity contribution in [3.05, 3.63) is 40.4 Å². The highest BCUT2D eigenvalue weighted by Gasteiger charge is 2.16. The maximum Gasteiger partial charge on any atom is 0.294 e. The molecule has 3 heterocycles. The second-order valence-electron chi connectivity index (χ2n) is 6.93. The predicted molar refractivity (Wildman–Crippen MR) is 112 cm³/mol. The number of hydrogen-bond acceptors (Lipinski definition) is 8. The first-order chi connectivity index (χ1) is 13.8.